The highest BCUT2D eigenvalue weighted by atomic mass is 31.2. The van der Waals surface area contributed by atoms with Gasteiger partial charge < -0.3 is 33.8 Å². The third-order valence-electron chi connectivity index (χ3n) is 18.0. The molecule has 0 aromatic carbocycles. The zero-order valence-electron chi connectivity index (χ0n) is 61.6. The summed E-state index contributed by atoms with van der Waals surface area (Å²) < 4.78 is 68.4. The molecule has 0 aliphatic rings. The quantitative estimate of drug-likeness (QED) is 0.0222. The first-order chi connectivity index (χ1) is 45.2. The molecule has 17 nitrogen and oxygen atoms in total. The number of esters is 4. The van der Waals surface area contributed by atoms with Gasteiger partial charge >= 0.3 is 39.5 Å². The van der Waals surface area contributed by atoms with Crippen LogP contribution in [0.1, 0.15) is 376 Å². The maximum atomic E-state index is 13.1. The van der Waals surface area contributed by atoms with Crippen molar-refractivity contribution in [2.24, 2.45) is 23.7 Å². The zero-order valence-corrected chi connectivity index (χ0v) is 63.4. The van der Waals surface area contributed by atoms with Crippen LogP contribution in [0.2, 0.25) is 0 Å². The summed E-state index contributed by atoms with van der Waals surface area (Å²) >= 11 is 0. The Morgan fingerprint density at radius 1 is 0.298 bits per heavy atom. The van der Waals surface area contributed by atoms with Gasteiger partial charge in [0, 0.05) is 25.7 Å². The summed E-state index contributed by atoms with van der Waals surface area (Å²) in [5, 5.41) is 10.6. The van der Waals surface area contributed by atoms with Gasteiger partial charge in [-0.05, 0) is 49.4 Å². The first-order valence-electron chi connectivity index (χ1n) is 38.8. The van der Waals surface area contributed by atoms with Crippen LogP contribution in [0, 0.1) is 23.7 Å². The maximum absolute atomic E-state index is 13.1. The second-order valence-electron chi connectivity index (χ2n) is 28.5. The lowest BCUT2D eigenvalue weighted by molar-refractivity contribution is -0.161. The van der Waals surface area contributed by atoms with Gasteiger partial charge in [-0.2, -0.15) is 0 Å². The second kappa shape index (κ2) is 64.4. The van der Waals surface area contributed by atoms with Gasteiger partial charge in [0.2, 0.25) is 0 Å². The minimum atomic E-state index is -4.96. The number of ether oxygens (including phenoxy) is 4. The van der Waals surface area contributed by atoms with E-state index in [-0.39, 0.29) is 25.7 Å². The number of carbonyl (C=O) groups excluding carboxylic acids is 4. The fourth-order valence-electron chi connectivity index (χ4n) is 11.3. The molecule has 4 unspecified atom stereocenters. The van der Waals surface area contributed by atoms with Crippen LogP contribution in [-0.4, -0.2) is 96.7 Å². The number of carbonyl (C=O) groups is 4. The molecule has 0 heterocycles. The third-order valence-corrected chi connectivity index (χ3v) is 19.9. The topological polar surface area (TPSA) is 237 Å². The average molecular weight is 1380 g/mol. The smallest absolute Gasteiger partial charge is 0.462 e. The molecule has 0 rings (SSSR count). The van der Waals surface area contributed by atoms with Crippen molar-refractivity contribution < 1.29 is 80.2 Å². The van der Waals surface area contributed by atoms with E-state index in [0.717, 1.165) is 114 Å². The van der Waals surface area contributed by atoms with E-state index >= 15 is 0 Å². The SMILES string of the molecule is CCC(C)CCCCCCCCCCCCCCCCC(=O)OC[C@H](COP(=O)(O)OC[C@@H](O)COP(=O)(O)OC[C@@H](COC(=O)CCCCCCCCC(C)CC)OC(=O)CCCCCCCCC(C)C)OC(=O)CCCCCCCCCCCCCCCCC(C)C. The number of hydrogen-bond donors (Lipinski definition) is 3. The van der Waals surface area contributed by atoms with Crippen LogP contribution in [-0.2, 0) is 65.4 Å². The minimum absolute atomic E-state index is 0.101. The van der Waals surface area contributed by atoms with Crippen LogP contribution in [0.3, 0.4) is 0 Å². The van der Waals surface area contributed by atoms with Crippen molar-refractivity contribution in [2.45, 2.75) is 395 Å². The molecular formula is C75H146O17P2. The van der Waals surface area contributed by atoms with E-state index in [2.05, 4.69) is 55.4 Å². The Morgan fingerprint density at radius 2 is 0.511 bits per heavy atom. The van der Waals surface area contributed by atoms with Crippen LogP contribution in [0.15, 0.2) is 0 Å². The van der Waals surface area contributed by atoms with Gasteiger partial charge in [-0.3, -0.25) is 37.3 Å². The number of unbranched alkanes of at least 4 members (excludes halogenated alkanes) is 36. The van der Waals surface area contributed by atoms with Gasteiger partial charge in [0.05, 0.1) is 26.4 Å². The van der Waals surface area contributed by atoms with Crippen molar-refractivity contribution in [3.63, 3.8) is 0 Å². The molecule has 0 aromatic rings. The van der Waals surface area contributed by atoms with E-state index in [4.69, 9.17) is 37.0 Å². The summed E-state index contributed by atoms with van der Waals surface area (Å²) in [5.74, 6) is 0.918. The Morgan fingerprint density at radius 3 is 0.755 bits per heavy atom. The molecule has 0 amide bonds. The van der Waals surface area contributed by atoms with Crippen molar-refractivity contribution in [1.82, 2.24) is 0 Å². The van der Waals surface area contributed by atoms with Gasteiger partial charge in [0.25, 0.3) is 0 Å². The molecule has 0 aromatic heterocycles. The molecule has 0 saturated carbocycles. The van der Waals surface area contributed by atoms with Crippen LogP contribution in [0.5, 0.6) is 0 Å². The van der Waals surface area contributed by atoms with Crippen molar-refractivity contribution in [2.75, 3.05) is 39.6 Å². The lowest BCUT2D eigenvalue weighted by Gasteiger charge is -2.21. The average Bonchev–Trinajstić information content (AvgIpc) is 1.89. The normalized spacial score (nSPS) is 14.7. The highest BCUT2D eigenvalue weighted by molar-refractivity contribution is 7.47. The summed E-state index contributed by atoms with van der Waals surface area (Å²) in [4.78, 5) is 72.7. The summed E-state index contributed by atoms with van der Waals surface area (Å²) in [6.07, 6.45) is 48.8. The van der Waals surface area contributed by atoms with Gasteiger partial charge in [-0.15, -0.1) is 0 Å². The van der Waals surface area contributed by atoms with Crippen LogP contribution in [0.4, 0.5) is 0 Å². The molecule has 0 fully saturated rings. The molecule has 19 heteroatoms. The Hall–Kier alpha value is -1.94. The van der Waals surface area contributed by atoms with E-state index in [9.17, 15) is 43.2 Å². The molecule has 7 atom stereocenters. The molecular weight excluding hydrogens is 1230 g/mol. The van der Waals surface area contributed by atoms with E-state index < -0.39 is 97.5 Å². The van der Waals surface area contributed by atoms with Crippen LogP contribution >= 0.6 is 15.6 Å². The zero-order chi connectivity index (χ0) is 69.6. The molecule has 0 spiro atoms. The standard InChI is InChI=1S/C75H146O17P2/c1-9-67(7)53-45-37-28-24-20-16-12-14-17-21-25-29-39-47-55-72(77)85-61-70(91-74(79)57-49-41-30-26-22-18-13-11-15-19-23-27-35-43-51-65(3)4)63-89-93(81,82)87-59-69(76)60-88-94(83,84)90-64-71(92-75(80)58-50-42-33-31-36-44-52-66(5)6)62-86-73(78)56-48-40-34-32-38-46-54-68(8)10-2/h65-71,76H,9-64H2,1-8H3,(H,81,82)(H,83,84)/t67?,68?,69-,70-,71-/m1/s1. The summed E-state index contributed by atoms with van der Waals surface area (Å²) in [7, 11) is -9.91. The van der Waals surface area contributed by atoms with E-state index in [1.54, 1.807) is 0 Å². The van der Waals surface area contributed by atoms with E-state index in [1.807, 2.05) is 0 Å². The Labute approximate surface area is 575 Å². The number of phosphoric ester groups is 2. The predicted octanol–water partition coefficient (Wildman–Crippen LogP) is 21.7. The second-order valence-corrected chi connectivity index (χ2v) is 31.4. The highest BCUT2D eigenvalue weighted by Gasteiger charge is 2.30. The van der Waals surface area contributed by atoms with Gasteiger partial charge in [-0.25, -0.2) is 9.13 Å². The molecule has 0 bridgehead atoms. The van der Waals surface area contributed by atoms with Crippen LogP contribution in [0.25, 0.3) is 0 Å². The maximum Gasteiger partial charge on any atom is 0.472 e. The Balaban J connectivity index is 5.22. The molecule has 558 valence electrons. The summed E-state index contributed by atoms with van der Waals surface area (Å²) in [6.45, 7) is 14.1. The van der Waals surface area contributed by atoms with Crippen molar-refractivity contribution in [3.05, 3.63) is 0 Å². The van der Waals surface area contributed by atoms with E-state index in [1.165, 1.54) is 173 Å². The first-order valence-corrected chi connectivity index (χ1v) is 41.8. The third kappa shape index (κ3) is 66.0. The number of aliphatic hydroxyl groups excluding tert-OH is 1. The fraction of sp³-hybridized carbons (Fsp3) is 0.947. The lowest BCUT2D eigenvalue weighted by Crippen LogP contribution is -2.30. The van der Waals surface area contributed by atoms with Crippen LogP contribution < -0.4 is 0 Å². The highest BCUT2D eigenvalue weighted by Crippen LogP contribution is 2.45. The van der Waals surface area contributed by atoms with E-state index in [0.29, 0.717) is 31.6 Å². The molecule has 0 aliphatic heterocycles. The number of rotatable bonds is 72. The largest absolute Gasteiger partial charge is 0.472 e. The van der Waals surface area contributed by atoms with Gasteiger partial charge in [0.1, 0.15) is 19.3 Å². The van der Waals surface area contributed by atoms with Crippen molar-refractivity contribution in [1.29, 1.82) is 0 Å². The van der Waals surface area contributed by atoms with Gasteiger partial charge in [-0.1, -0.05) is 325 Å². The summed E-state index contributed by atoms with van der Waals surface area (Å²) in [6, 6.07) is 0. The summed E-state index contributed by atoms with van der Waals surface area (Å²) in [5.41, 5.74) is 0. The van der Waals surface area contributed by atoms with Gasteiger partial charge in [0.15, 0.2) is 12.2 Å². The first kappa shape index (κ1) is 92.1. The molecule has 0 radical (unpaired) electrons. The Bertz CT molecular complexity index is 1850. The molecule has 3 N–H and O–H groups in total. The number of aliphatic hydroxyl groups is 1. The monoisotopic (exact) mass is 1380 g/mol. The predicted molar refractivity (Wildman–Crippen MR) is 381 cm³/mol. The number of hydrogen-bond acceptors (Lipinski definition) is 15. The lowest BCUT2D eigenvalue weighted by atomic mass is 9.99. The number of phosphoric acid groups is 2. The van der Waals surface area contributed by atoms with Crippen molar-refractivity contribution in [3.8, 4) is 0 Å². The molecule has 94 heavy (non-hydrogen) atoms. The van der Waals surface area contributed by atoms with Crippen molar-refractivity contribution >= 4 is 39.5 Å². The molecule has 0 saturated heterocycles. The fourth-order valence-corrected chi connectivity index (χ4v) is 12.9. The Kier molecular flexibility index (Phi) is 63.1. The molecule has 0 aliphatic carbocycles. The minimum Gasteiger partial charge on any atom is -0.462 e.